The number of ether oxygens (including phenoxy) is 2. The van der Waals surface area contributed by atoms with Crippen molar-refractivity contribution in [3.63, 3.8) is 0 Å². The summed E-state index contributed by atoms with van der Waals surface area (Å²) in [6.07, 6.45) is 5.38. The lowest BCUT2D eigenvalue weighted by Crippen LogP contribution is -2.60. The zero-order chi connectivity index (χ0) is 39.7. The Kier molecular flexibility index (Phi) is 9.86. The quantitative estimate of drug-likeness (QED) is 0.307. The van der Waals surface area contributed by atoms with Crippen molar-refractivity contribution in [2.45, 2.75) is 133 Å². The van der Waals surface area contributed by atoms with Gasteiger partial charge in [0.1, 0.15) is 35.6 Å². The van der Waals surface area contributed by atoms with Gasteiger partial charge in [-0.2, -0.15) is 0 Å². The van der Waals surface area contributed by atoms with Crippen molar-refractivity contribution in [3.05, 3.63) is 42.0 Å². The van der Waals surface area contributed by atoms with E-state index in [0.29, 0.717) is 35.7 Å². The molecule has 5 aliphatic rings. The van der Waals surface area contributed by atoms with Gasteiger partial charge in [0.25, 0.3) is 5.91 Å². The first-order valence-electron chi connectivity index (χ1n) is 19.4. The highest BCUT2D eigenvalue weighted by atomic mass is 32.2. The minimum absolute atomic E-state index is 0.0107. The van der Waals surface area contributed by atoms with Crippen LogP contribution in [0.1, 0.15) is 96.6 Å². The van der Waals surface area contributed by atoms with Gasteiger partial charge in [-0.1, -0.05) is 45.8 Å². The molecule has 1 saturated heterocycles. The molecule has 4 amide bonds. The molecule has 14 nitrogen and oxygen atoms in total. The molecule has 2 bridgehead atoms. The van der Waals surface area contributed by atoms with Crippen LogP contribution in [0.3, 0.4) is 0 Å². The van der Waals surface area contributed by atoms with Crippen LogP contribution in [0, 0.1) is 24.2 Å². The molecule has 4 fully saturated rings. The van der Waals surface area contributed by atoms with E-state index in [0.717, 1.165) is 37.7 Å². The number of amides is 4. The summed E-state index contributed by atoms with van der Waals surface area (Å²) in [7, 11) is -4.01. The number of aromatic hydroxyl groups is 1. The van der Waals surface area contributed by atoms with Crippen molar-refractivity contribution in [3.8, 4) is 11.6 Å². The van der Waals surface area contributed by atoms with Gasteiger partial charge in [-0.05, 0) is 87.8 Å². The van der Waals surface area contributed by atoms with Crippen LogP contribution in [0.25, 0.3) is 10.9 Å². The summed E-state index contributed by atoms with van der Waals surface area (Å²) in [6.45, 7) is 12.6. The third-order valence-electron chi connectivity index (χ3n) is 12.2. The van der Waals surface area contributed by atoms with Gasteiger partial charge in [-0.15, -0.1) is 6.58 Å². The Hall–Kier alpha value is -4.40. The van der Waals surface area contributed by atoms with Crippen LogP contribution in [0.2, 0.25) is 0 Å². The highest BCUT2D eigenvalue weighted by Gasteiger charge is 2.63. The highest BCUT2D eigenvalue weighted by molar-refractivity contribution is 7.91. The van der Waals surface area contributed by atoms with Crippen LogP contribution < -0.4 is 20.1 Å². The third-order valence-corrected chi connectivity index (χ3v) is 14.3. The average Bonchev–Trinajstić information content (AvgIpc) is 4.06. The van der Waals surface area contributed by atoms with Crippen molar-refractivity contribution in [2.24, 2.45) is 17.3 Å². The van der Waals surface area contributed by atoms with Gasteiger partial charge in [-0.3, -0.25) is 19.1 Å². The number of benzene rings is 1. The number of rotatable bonds is 6. The van der Waals surface area contributed by atoms with Gasteiger partial charge in [0.15, 0.2) is 0 Å². The maximum absolute atomic E-state index is 14.6. The number of carbonyl (C=O) groups is 4. The number of aryl methyl sites for hydroxylation is 1. The molecule has 3 heterocycles. The molecular weight excluding hydrogens is 727 g/mol. The largest absolute Gasteiger partial charge is 0.507 e. The Bertz CT molecular complexity index is 2040. The molecule has 2 aromatic rings. The van der Waals surface area contributed by atoms with Gasteiger partial charge < -0.3 is 30.1 Å². The fourth-order valence-electron chi connectivity index (χ4n) is 8.01. The zero-order valence-electron chi connectivity index (χ0n) is 32.3. The number of hydrogen-bond acceptors (Lipinski definition) is 10. The fourth-order valence-corrected chi connectivity index (χ4v) is 9.32. The lowest BCUT2D eigenvalue weighted by molar-refractivity contribution is -0.142. The van der Waals surface area contributed by atoms with Crippen molar-refractivity contribution in [1.82, 2.24) is 25.2 Å². The molecular formula is C40H53N5O9S. The van der Waals surface area contributed by atoms with Crippen LogP contribution in [0.15, 0.2) is 30.9 Å². The summed E-state index contributed by atoms with van der Waals surface area (Å²) < 4.78 is 39.6. The van der Waals surface area contributed by atoms with E-state index < -0.39 is 73.6 Å². The molecule has 4 N–H and O–H groups in total. The summed E-state index contributed by atoms with van der Waals surface area (Å²) in [5.41, 5.74) is -0.360. The number of sulfonamides is 1. The summed E-state index contributed by atoms with van der Waals surface area (Å²) in [5.74, 6) is -2.10. The Labute approximate surface area is 322 Å². The molecule has 298 valence electrons. The van der Waals surface area contributed by atoms with E-state index in [-0.39, 0.29) is 43.0 Å². The molecule has 3 saturated carbocycles. The Morgan fingerprint density at radius 1 is 1.13 bits per heavy atom. The minimum Gasteiger partial charge on any atom is -0.507 e. The molecule has 7 rings (SSSR count). The average molecular weight is 780 g/mol. The van der Waals surface area contributed by atoms with Crippen LogP contribution in [-0.2, 0) is 35.6 Å². The molecule has 2 aliphatic heterocycles. The first-order chi connectivity index (χ1) is 25.9. The van der Waals surface area contributed by atoms with E-state index in [1.165, 1.54) is 11.0 Å². The summed E-state index contributed by atoms with van der Waals surface area (Å²) in [6, 6.07) is 3.32. The predicted molar refractivity (Wildman–Crippen MR) is 203 cm³/mol. The maximum atomic E-state index is 14.6. The van der Waals surface area contributed by atoms with Crippen molar-refractivity contribution >= 4 is 44.7 Å². The normalized spacial score (nSPS) is 30.6. The SMILES string of the molecule is C=C[C@@H]1C[C@]1(NC(=O)[C@@H]1C[C@@H]2CN1C(=O)[C@H](C(C)(C)C)NC(=O)O[C@@H]1C[C@H]1CCCCCc1c(nc3cc(C)ccc3c1O)O2)C(=O)NS(=O)(=O)C1(C)CC1. The lowest BCUT2D eigenvalue weighted by atomic mass is 9.85. The topological polar surface area (TPSA) is 193 Å². The number of nitrogens with one attached hydrogen (secondary N) is 3. The van der Waals surface area contributed by atoms with E-state index >= 15 is 0 Å². The second-order valence-corrected chi connectivity index (χ2v) is 19.8. The maximum Gasteiger partial charge on any atom is 0.408 e. The monoisotopic (exact) mass is 779 g/mol. The number of pyridine rings is 1. The number of nitrogens with zero attached hydrogens (tertiary/aromatic N) is 2. The number of aromatic nitrogens is 1. The second kappa shape index (κ2) is 14.0. The predicted octanol–water partition coefficient (Wildman–Crippen LogP) is 4.30. The number of carbonyl (C=O) groups excluding carboxylic acids is 4. The van der Waals surface area contributed by atoms with E-state index in [9.17, 15) is 32.7 Å². The first kappa shape index (κ1) is 38.9. The molecule has 1 aromatic heterocycles. The number of hydrogen-bond donors (Lipinski definition) is 4. The standard InChI is InChI=1S/C40H53N5O9S/c1-7-24-20-40(24,36(49)44-55(51,52)39(6)15-16-39)43-33(47)29-19-25-21-45(29)35(48)32(38(3,4)5)42-37(50)54-30-18-23(30)11-9-8-10-12-27-31(46)26-14-13-22(2)17-28(26)41-34(27)53-25/h7,13-14,17,23-25,29-30,32H,1,8-12,15-16,18-21H2,2-6H3,(H,41,46)(H,42,50)(H,43,47)(H,44,49)/t23-,24-,25-,29+,30-,32-,40-/m1/s1. The van der Waals surface area contributed by atoms with E-state index in [4.69, 9.17) is 14.5 Å². The number of alkyl carbamates (subject to hydrolysis) is 1. The van der Waals surface area contributed by atoms with Gasteiger partial charge in [0.2, 0.25) is 27.7 Å². The van der Waals surface area contributed by atoms with Gasteiger partial charge in [-0.25, -0.2) is 18.2 Å². The van der Waals surface area contributed by atoms with Gasteiger partial charge >= 0.3 is 6.09 Å². The molecule has 7 atom stereocenters. The van der Waals surface area contributed by atoms with Crippen molar-refractivity contribution in [1.29, 1.82) is 0 Å². The highest BCUT2D eigenvalue weighted by Crippen LogP contribution is 2.47. The van der Waals surface area contributed by atoms with E-state index in [2.05, 4.69) is 21.9 Å². The van der Waals surface area contributed by atoms with Crippen molar-refractivity contribution in [2.75, 3.05) is 6.54 Å². The van der Waals surface area contributed by atoms with Crippen molar-refractivity contribution < 1.29 is 42.2 Å². The van der Waals surface area contributed by atoms with E-state index in [1.807, 2.05) is 25.1 Å². The van der Waals surface area contributed by atoms with Gasteiger partial charge in [0.05, 0.1) is 22.4 Å². The second-order valence-electron chi connectivity index (χ2n) is 17.6. The fraction of sp³-hybridized carbons (Fsp3) is 0.625. The minimum atomic E-state index is -4.01. The Balaban J connectivity index is 1.23. The molecule has 0 unspecified atom stereocenters. The molecule has 3 aliphatic carbocycles. The Morgan fingerprint density at radius 3 is 2.55 bits per heavy atom. The summed E-state index contributed by atoms with van der Waals surface area (Å²) >= 11 is 0. The molecule has 1 aromatic carbocycles. The zero-order valence-corrected chi connectivity index (χ0v) is 33.1. The number of fused-ring (bicyclic) bond motifs is 5. The molecule has 15 heteroatoms. The molecule has 0 spiro atoms. The molecule has 55 heavy (non-hydrogen) atoms. The summed E-state index contributed by atoms with van der Waals surface area (Å²) in [4.78, 5) is 62.2. The lowest BCUT2D eigenvalue weighted by Gasteiger charge is -2.35. The summed E-state index contributed by atoms with van der Waals surface area (Å²) in [5, 5.41) is 17.8. The molecule has 0 radical (unpaired) electrons. The first-order valence-corrected chi connectivity index (χ1v) is 20.9. The van der Waals surface area contributed by atoms with Crippen LogP contribution in [-0.4, -0.2) is 88.3 Å². The van der Waals surface area contributed by atoms with Crippen LogP contribution in [0.5, 0.6) is 11.6 Å². The smallest absolute Gasteiger partial charge is 0.408 e. The van der Waals surface area contributed by atoms with Crippen LogP contribution >= 0.6 is 0 Å². The third kappa shape index (κ3) is 7.60. The van der Waals surface area contributed by atoms with Gasteiger partial charge in [0, 0.05) is 17.7 Å². The van der Waals surface area contributed by atoms with E-state index in [1.54, 1.807) is 27.7 Å². The Morgan fingerprint density at radius 2 is 1.87 bits per heavy atom. The van der Waals surface area contributed by atoms with Crippen LogP contribution in [0.4, 0.5) is 4.79 Å².